The predicted molar refractivity (Wildman–Crippen MR) is 105 cm³/mol. The smallest absolute Gasteiger partial charge is 0.253 e. The maximum Gasteiger partial charge on any atom is 0.253 e. The van der Waals surface area contributed by atoms with Crippen LogP contribution in [0.1, 0.15) is 47.2 Å². The molecule has 1 saturated carbocycles. The summed E-state index contributed by atoms with van der Waals surface area (Å²) in [6.07, 6.45) is 5.15. The maximum atomic E-state index is 12.8. The first-order chi connectivity index (χ1) is 13.2. The Bertz CT molecular complexity index is 916. The van der Waals surface area contributed by atoms with E-state index >= 15 is 0 Å². The molecule has 4 nitrogen and oxygen atoms in total. The molecule has 1 spiro atoms. The summed E-state index contributed by atoms with van der Waals surface area (Å²) >= 11 is 0. The van der Waals surface area contributed by atoms with Gasteiger partial charge in [-0.05, 0) is 67.3 Å². The van der Waals surface area contributed by atoms with Crippen molar-refractivity contribution in [3.05, 3.63) is 65.2 Å². The standard InChI is InChI=1S/C23H24N2O2/c26-21(25-11-4-1-5-12-25)17-8-6-7-16(13-17)14-18-15-23(18)19-9-2-3-10-20(19)24-22(23)27/h2-3,6-10,13,18H,1,4-5,11-12,14-15H2,(H,24,27). The van der Waals surface area contributed by atoms with E-state index in [9.17, 15) is 9.59 Å². The number of carbonyl (C=O) groups is 2. The molecule has 2 unspecified atom stereocenters. The molecule has 1 saturated heterocycles. The number of fused-ring (bicyclic) bond motifs is 2. The van der Waals surface area contributed by atoms with Crippen molar-refractivity contribution >= 4 is 17.5 Å². The average molecular weight is 360 g/mol. The highest BCUT2D eigenvalue weighted by molar-refractivity contribution is 6.08. The lowest BCUT2D eigenvalue weighted by molar-refractivity contribution is -0.118. The highest BCUT2D eigenvalue weighted by Gasteiger charge is 2.64. The summed E-state index contributed by atoms with van der Waals surface area (Å²) in [6, 6.07) is 16.0. The molecule has 2 fully saturated rings. The largest absolute Gasteiger partial charge is 0.339 e. The Balaban J connectivity index is 1.34. The van der Waals surface area contributed by atoms with Gasteiger partial charge in [-0.15, -0.1) is 0 Å². The van der Waals surface area contributed by atoms with Crippen molar-refractivity contribution in [2.45, 2.75) is 37.5 Å². The Hall–Kier alpha value is -2.62. The van der Waals surface area contributed by atoms with Crippen LogP contribution in [-0.4, -0.2) is 29.8 Å². The van der Waals surface area contributed by atoms with Crippen molar-refractivity contribution in [2.75, 3.05) is 18.4 Å². The Kier molecular flexibility index (Phi) is 3.81. The number of amides is 2. The Morgan fingerprint density at radius 1 is 1.07 bits per heavy atom. The fourth-order valence-electron chi connectivity index (χ4n) is 4.92. The lowest BCUT2D eigenvalue weighted by Crippen LogP contribution is -2.35. The highest BCUT2D eigenvalue weighted by atomic mass is 16.2. The first-order valence-corrected chi connectivity index (χ1v) is 9.98. The van der Waals surface area contributed by atoms with Crippen molar-refractivity contribution in [2.24, 2.45) is 5.92 Å². The number of piperidine rings is 1. The molecule has 2 amide bonds. The molecule has 3 aliphatic rings. The Labute approximate surface area is 159 Å². The number of anilines is 1. The van der Waals surface area contributed by atoms with Crippen LogP contribution >= 0.6 is 0 Å². The summed E-state index contributed by atoms with van der Waals surface area (Å²) in [5, 5.41) is 3.04. The van der Waals surface area contributed by atoms with Gasteiger partial charge >= 0.3 is 0 Å². The van der Waals surface area contributed by atoms with Crippen LogP contribution in [0.3, 0.4) is 0 Å². The third-order valence-corrected chi connectivity index (χ3v) is 6.47. The van der Waals surface area contributed by atoms with Gasteiger partial charge in [-0.25, -0.2) is 0 Å². The number of hydrogen-bond acceptors (Lipinski definition) is 2. The number of hydrogen-bond donors (Lipinski definition) is 1. The molecule has 0 radical (unpaired) electrons. The van der Waals surface area contributed by atoms with Crippen LogP contribution in [0.4, 0.5) is 5.69 Å². The average Bonchev–Trinajstić information content (AvgIpc) is 3.35. The zero-order valence-electron chi connectivity index (χ0n) is 15.4. The Morgan fingerprint density at radius 2 is 1.89 bits per heavy atom. The molecule has 1 N–H and O–H groups in total. The maximum absolute atomic E-state index is 12.8. The summed E-state index contributed by atoms with van der Waals surface area (Å²) in [7, 11) is 0. The second-order valence-electron chi connectivity index (χ2n) is 8.13. The summed E-state index contributed by atoms with van der Waals surface area (Å²) < 4.78 is 0. The van der Waals surface area contributed by atoms with E-state index in [-0.39, 0.29) is 17.2 Å². The zero-order valence-corrected chi connectivity index (χ0v) is 15.4. The van der Waals surface area contributed by atoms with Gasteiger partial charge in [0.05, 0.1) is 5.41 Å². The van der Waals surface area contributed by atoms with Crippen LogP contribution in [0.15, 0.2) is 48.5 Å². The number of rotatable bonds is 3. The lowest BCUT2D eigenvalue weighted by atomic mass is 9.92. The molecule has 2 aromatic rings. The molecule has 2 atom stereocenters. The molecular formula is C23H24N2O2. The van der Waals surface area contributed by atoms with E-state index in [0.717, 1.165) is 61.2 Å². The summed E-state index contributed by atoms with van der Waals surface area (Å²) in [4.78, 5) is 27.4. The third kappa shape index (κ3) is 2.66. The van der Waals surface area contributed by atoms with E-state index in [1.165, 1.54) is 6.42 Å². The quantitative estimate of drug-likeness (QED) is 0.906. The zero-order chi connectivity index (χ0) is 18.4. The van der Waals surface area contributed by atoms with Crippen molar-refractivity contribution in [3.8, 4) is 0 Å². The molecule has 2 heterocycles. The van der Waals surface area contributed by atoms with Crippen LogP contribution < -0.4 is 5.32 Å². The Morgan fingerprint density at radius 3 is 2.74 bits per heavy atom. The van der Waals surface area contributed by atoms with Crippen LogP contribution in [0.2, 0.25) is 0 Å². The van der Waals surface area contributed by atoms with Crippen molar-refractivity contribution in [1.82, 2.24) is 4.90 Å². The molecule has 0 aromatic heterocycles. The van der Waals surface area contributed by atoms with E-state index < -0.39 is 0 Å². The van der Waals surface area contributed by atoms with E-state index in [4.69, 9.17) is 0 Å². The number of benzene rings is 2. The van der Waals surface area contributed by atoms with Crippen molar-refractivity contribution in [3.63, 3.8) is 0 Å². The van der Waals surface area contributed by atoms with E-state index in [1.807, 2.05) is 41.3 Å². The van der Waals surface area contributed by atoms with Gasteiger partial charge in [-0.1, -0.05) is 30.3 Å². The fourth-order valence-corrected chi connectivity index (χ4v) is 4.92. The topological polar surface area (TPSA) is 49.4 Å². The normalized spacial score (nSPS) is 26.0. The SMILES string of the molecule is O=C(c1cccc(CC2CC23C(=O)Nc2ccccc23)c1)N1CCCCC1. The summed E-state index contributed by atoms with van der Waals surface area (Å²) in [5.41, 5.74) is 3.67. The van der Waals surface area contributed by atoms with Crippen LogP contribution in [0, 0.1) is 5.92 Å². The van der Waals surface area contributed by atoms with Crippen LogP contribution in [0.5, 0.6) is 0 Å². The monoisotopic (exact) mass is 360 g/mol. The first kappa shape index (κ1) is 16.5. The van der Waals surface area contributed by atoms with Gasteiger partial charge in [0.2, 0.25) is 5.91 Å². The van der Waals surface area contributed by atoms with Crippen LogP contribution in [0.25, 0.3) is 0 Å². The van der Waals surface area contributed by atoms with Crippen LogP contribution in [-0.2, 0) is 16.6 Å². The summed E-state index contributed by atoms with van der Waals surface area (Å²) in [5.74, 6) is 0.585. The predicted octanol–water partition coefficient (Wildman–Crippen LogP) is 3.77. The molecule has 4 heteroatoms. The second-order valence-corrected chi connectivity index (χ2v) is 8.13. The minimum absolute atomic E-state index is 0.134. The molecule has 138 valence electrons. The number of carbonyl (C=O) groups excluding carboxylic acids is 2. The first-order valence-electron chi connectivity index (χ1n) is 9.98. The van der Waals surface area contributed by atoms with Gasteiger partial charge in [0.15, 0.2) is 0 Å². The lowest BCUT2D eigenvalue weighted by Gasteiger charge is -2.26. The number of nitrogens with one attached hydrogen (secondary N) is 1. The summed E-state index contributed by atoms with van der Waals surface area (Å²) in [6.45, 7) is 1.73. The minimum Gasteiger partial charge on any atom is -0.339 e. The fraction of sp³-hybridized carbons (Fsp3) is 0.391. The molecular weight excluding hydrogens is 336 g/mol. The van der Waals surface area contributed by atoms with Gasteiger partial charge in [0.25, 0.3) is 5.91 Å². The van der Waals surface area contributed by atoms with E-state index in [0.29, 0.717) is 5.92 Å². The van der Waals surface area contributed by atoms with Crippen molar-refractivity contribution in [1.29, 1.82) is 0 Å². The molecule has 2 aromatic carbocycles. The number of nitrogens with zero attached hydrogens (tertiary/aromatic N) is 1. The number of para-hydroxylation sites is 1. The highest BCUT2D eigenvalue weighted by Crippen LogP contribution is 2.60. The van der Waals surface area contributed by atoms with Gasteiger partial charge in [0.1, 0.15) is 0 Å². The number of likely N-dealkylation sites (tertiary alicyclic amines) is 1. The minimum atomic E-state index is -0.358. The van der Waals surface area contributed by atoms with Gasteiger partial charge in [0, 0.05) is 24.3 Å². The van der Waals surface area contributed by atoms with Gasteiger partial charge < -0.3 is 10.2 Å². The van der Waals surface area contributed by atoms with E-state index in [2.05, 4.69) is 17.4 Å². The molecule has 27 heavy (non-hydrogen) atoms. The molecule has 5 rings (SSSR count). The molecule has 2 aliphatic heterocycles. The van der Waals surface area contributed by atoms with Crippen molar-refractivity contribution < 1.29 is 9.59 Å². The molecule has 0 bridgehead atoms. The molecule has 1 aliphatic carbocycles. The van der Waals surface area contributed by atoms with Gasteiger partial charge in [-0.2, -0.15) is 0 Å². The van der Waals surface area contributed by atoms with E-state index in [1.54, 1.807) is 0 Å². The third-order valence-electron chi connectivity index (χ3n) is 6.47. The van der Waals surface area contributed by atoms with Gasteiger partial charge in [-0.3, -0.25) is 9.59 Å². The second kappa shape index (κ2) is 6.22.